The normalized spacial score (nSPS) is 25.5. The molecule has 0 spiro atoms. The maximum atomic E-state index is 14.5. The highest BCUT2D eigenvalue weighted by Gasteiger charge is 2.58. The van der Waals surface area contributed by atoms with Crippen molar-refractivity contribution in [2.24, 2.45) is 0 Å². The third-order valence-corrected chi connectivity index (χ3v) is 13.0. The second-order valence-electron chi connectivity index (χ2n) is 16.8. The Bertz CT molecular complexity index is 2410. The molecular formula is C54H57NO13S. The molecule has 10 atom stereocenters. The van der Waals surface area contributed by atoms with E-state index in [0.29, 0.717) is 5.75 Å². The van der Waals surface area contributed by atoms with E-state index >= 15 is 0 Å². The SMILES string of the molecule is CCS[C@@H]1O[C@H](COCc2ccccc2)[C@@H](O[C@@H]2O[C@H](COC(C)=O)[C@@H](OCc3ccccc3)[C@H](OC(C)=O)[C@@H]2OCc2ccccc2)[C@H](OCc2ccccc2)[C@H]1N1C(=O)c2ccccc2C1=O. The summed E-state index contributed by atoms with van der Waals surface area (Å²) in [4.78, 5) is 56.0. The van der Waals surface area contributed by atoms with Gasteiger partial charge >= 0.3 is 11.9 Å². The van der Waals surface area contributed by atoms with Gasteiger partial charge in [-0.2, -0.15) is 0 Å². The molecule has 2 saturated heterocycles. The lowest BCUT2D eigenvalue weighted by Gasteiger charge is -2.51. The van der Waals surface area contributed by atoms with Gasteiger partial charge in [0.15, 0.2) is 12.4 Å². The van der Waals surface area contributed by atoms with E-state index in [4.69, 9.17) is 42.6 Å². The molecule has 0 radical (unpaired) electrons. The zero-order valence-electron chi connectivity index (χ0n) is 38.7. The second-order valence-corrected chi connectivity index (χ2v) is 18.2. The number of hydrogen-bond donors (Lipinski definition) is 0. The first-order valence-electron chi connectivity index (χ1n) is 23.1. The van der Waals surface area contributed by atoms with Crippen molar-refractivity contribution in [3.05, 3.63) is 179 Å². The number of esters is 2. The summed E-state index contributed by atoms with van der Waals surface area (Å²) in [6.07, 6.45) is -9.04. The van der Waals surface area contributed by atoms with Gasteiger partial charge in [-0.25, -0.2) is 0 Å². The Morgan fingerprint density at radius 1 is 0.536 bits per heavy atom. The van der Waals surface area contributed by atoms with Gasteiger partial charge in [-0.1, -0.05) is 140 Å². The number of nitrogens with zero attached hydrogens (tertiary/aromatic N) is 1. The van der Waals surface area contributed by atoms with Crippen molar-refractivity contribution in [2.45, 2.75) is 108 Å². The number of imide groups is 1. The highest BCUT2D eigenvalue weighted by atomic mass is 32.2. The van der Waals surface area contributed by atoms with Crippen molar-refractivity contribution in [2.75, 3.05) is 19.0 Å². The fourth-order valence-corrected chi connectivity index (χ4v) is 9.80. The predicted molar refractivity (Wildman–Crippen MR) is 254 cm³/mol. The van der Waals surface area contributed by atoms with Crippen molar-refractivity contribution in [3.8, 4) is 0 Å². The molecule has 5 aromatic rings. The van der Waals surface area contributed by atoms with E-state index in [-0.39, 0.29) is 50.8 Å². The summed E-state index contributed by atoms with van der Waals surface area (Å²) < 4.78 is 59.6. The number of benzene rings is 5. The van der Waals surface area contributed by atoms with Crippen molar-refractivity contribution in [1.82, 2.24) is 4.90 Å². The van der Waals surface area contributed by atoms with Crippen molar-refractivity contribution < 1.29 is 61.8 Å². The van der Waals surface area contributed by atoms with E-state index in [9.17, 15) is 19.2 Å². The molecule has 69 heavy (non-hydrogen) atoms. The van der Waals surface area contributed by atoms with Crippen LogP contribution >= 0.6 is 11.8 Å². The first-order chi connectivity index (χ1) is 33.7. The van der Waals surface area contributed by atoms with Gasteiger partial charge in [0.2, 0.25) is 0 Å². The number of hydrogen-bond acceptors (Lipinski definition) is 14. The average Bonchev–Trinajstić information content (AvgIpc) is 3.61. The van der Waals surface area contributed by atoms with Crippen LogP contribution in [0.2, 0.25) is 0 Å². The lowest BCUT2D eigenvalue weighted by molar-refractivity contribution is -0.350. The highest BCUT2D eigenvalue weighted by molar-refractivity contribution is 7.99. The van der Waals surface area contributed by atoms with Crippen molar-refractivity contribution in [3.63, 3.8) is 0 Å². The Morgan fingerprint density at radius 3 is 1.49 bits per heavy atom. The number of carbonyl (C=O) groups excluding carboxylic acids is 4. The van der Waals surface area contributed by atoms with Crippen LogP contribution in [0, 0.1) is 0 Å². The molecule has 0 aromatic heterocycles. The van der Waals surface area contributed by atoms with E-state index in [0.717, 1.165) is 22.3 Å². The zero-order chi connectivity index (χ0) is 48.1. The summed E-state index contributed by atoms with van der Waals surface area (Å²) in [5.41, 5.74) is 3.12. The topological polar surface area (TPSA) is 155 Å². The van der Waals surface area contributed by atoms with Crippen molar-refractivity contribution >= 4 is 35.5 Å². The Morgan fingerprint density at radius 2 is 1.00 bits per heavy atom. The van der Waals surface area contributed by atoms with Crippen LogP contribution in [0.5, 0.6) is 0 Å². The van der Waals surface area contributed by atoms with Crippen LogP contribution in [0.4, 0.5) is 0 Å². The summed E-state index contributed by atoms with van der Waals surface area (Å²) in [5, 5.41) is 0. The molecule has 3 aliphatic rings. The molecule has 0 N–H and O–H groups in total. The predicted octanol–water partition coefficient (Wildman–Crippen LogP) is 7.71. The number of carbonyl (C=O) groups is 4. The Labute approximate surface area is 406 Å². The van der Waals surface area contributed by atoms with E-state index in [1.165, 1.54) is 30.5 Å². The number of amides is 2. The van der Waals surface area contributed by atoms with Crippen LogP contribution < -0.4 is 0 Å². The smallest absolute Gasteiger partial charge is 0.303 e. The molecule has 0 unspecified atom stereocenters. The largest absolute Gasteiger partial charge is 0.463 e. The summed E-state index contributed by atoms with van der Waals surface area (Å²) >= 11 is 1.43. The molecule has 3 heterocycles. The molecule has 2 amide bonds. The minimum Gasteiger partial charge on any atom is -0.463 e. The molecule has 3 aliphatic heterocycles. The van der Waals surface area contributed by atoms with Gasteiger partial charge < -0.3 is 42.6 Å². The second kappa shape index (κ2) is 24.2. The monoisotopic (exact) mass is 959 g/mol. The summed E-state index contributed by atoms with van der Waals surface area (Å²) in [5.74, 6) is -1.63. The van der Waals surface area contributed by atoms with Crippen molar-refractivity contribution in [1.29, 1.82) is 0 Å². The standard InChI is InChI=1S/C54H57NO13S/c1-4-69-54-45(55-51(58)41-27-17-18-28-42(41)52(55)59)48(63-31-39-23-13-7-14-24-39)47(43(67-54)33-60-29-37-19-9-5-10-20-37)68-53-50(64-32-40-25-15-8-16-26-40)49(65-36(3)57)46(44(66-53)34-61-35(2)56)62-30-38-21-11-6-12-22-38/h5-28,43-50,53-54H,4,29-34H2,1-3H3/t43-,44-,45-,46-,47-,48-,49+,50+,53+,54+/m1/s1. The van der Waals surface area contributed by atoms with Gasteiger partial charge in [0, 0.05) is 13.8 Å². The number of rotatable bonds is 21. The molecular weight excluding hydrogens is 903 g/mol. The fraction of sp³-hybridized carbons (Fsp3) is 0.370. The van der Waals surface area contributed by atoms with Gasteiger partial charge in [-0.3, -0.25) is 24.1 Å². The van der Waals surface area contributed by atoms with E-state index in [1.54, 1.807) is 24.3 Å². The van der Waals surface area contributed by atoms with E-state index < -0.39 is 84.2 Å². The number of thioether (sulfide) groups is 1. The van der Waals surface area contributed by atoms with Crippen LogP contribution in [0.25, 0.3) is 0 Å². The molecule has 14 nitrogen and oxygen atoms in total. The molecule has 15 heteroatoms. The molecule has 0 saturated carbocycles. The first kappa shape index (κ1) is 49.7. The van der Waals surface area contributed by atoms with Crippen LogP contribution in [0.15, 0.2) is 146 Å². The van der Waals surface area contributed by atoms with E-state index in [2.05, 4.69) is 0 Å². The third kappa shape index (κ3) is 12.5. The van der Waals surface area contributed by atoms with Gasteiger partial charge in [-0.15, -0.1) is 11.8 Å². The Balaban J connectivity index is 1.23. The third-order valence-electron chi connectivity index (χ3n) is 12.0. The van der Waals surface area contributed by atoms with E-state index in [1.807, 2.05) is 128 Å². The van der Waals surface area contributed by atoms with Crippen LogP contribution in [0.1, 0.15) is 63.7 Å². The summed E-state index contributed by atoms with van der Waals surface area (Å²) in [6.45, 7) is 4.64. The Hall–Kier alpha value is -5.75. The van der Waals surface area contributed by atoms with Gasteiger partial charge in [0.05, 0.1) is 44.2 Å². The minimum absolute atomic E-state index is 0.0182. The van der Waals surface area contributed by atoms with Gasteiger partial charge in [0.1, 0.15) is 54.7 Å². The summed E-state index contributed by atoms with van der Waals surface area (Å²) in [6, 6.07) is 43.8. The van der Waals surface area contributed by atoms with Crippen LogP contribution in [-0.4, -0.2) is 108 Å². The highest BCUT2D eigenvalue weighted by Crippen LogP contribution is 2.41. The number of fused-ring (bicyclic) bond motifs is 1. The van der Waals surface area contributed by atoms with Gasteiger partial charge in [-0.05, 0) is 40.1 Å². The lowest BCUT2D eigenvalue weighted by atomic mass is 9.94. The first-order valence-corrected chi connectivity index (χ1v) is 24.2. The molecule has 5 aromatic carbocycles. The zero-order valence-corrected chi connectivity index (χ0v) is 39.6. The van der Waals surface area contributed by atoms with Crippen LogP contribution in [-0.2, 0) is 78.6 Å². The molecule has 2 fully saturated rings. The maximum Gasteiger partial charge on any atom is 0.303 e. The molecule has 362 valence electrons. The molecule has 8 rings (SSSR count). The average molecular weight is 960 g/mol. The quantitative estimate of drug-likeness (QED) is 0.0521. The Kier molecular flexibility index (Phi) is 17.4. The molecule has 0 aliphatic carbocycles. The van der Waals surface area contributed by atoms with Crippen LogP contribution in [0.3, 0.4) is 0 Å². The lowest BCUT2D eigenvalue weighted by Crippen LogP contribution is -2.68. The number of ether oxygens (including phenoxy) is 9. The van der Waals surface area contributed by atoms with Gasteiger partial charge in [0.25, 0.3) is 11.8 Å². The molecule has 0 bridgehead atoms. The fourth-order valence-electron chi connectivity index (χ4n) is 8.78. The summed E-state index contributed by atoms with van der Waals surface area (Å²) in [7, 11) is 0. The maximum absolute atomic E-state index is 14.5. The minimum atomic E-state index is -1.40.